The molecule has 0 bridgehead atoms. The van der Waals surface area contributed by atoms with E-state index in [1.807, 2.05) is 69.3 Å². The zero-order valence-corrected chi connectivity index (χ0v) is 17.6. The van der Waals surface area contributed by atoms with Gasteiger partial charge in [-0.05, 0) is 69.2 Å². The van der Waals surface area contributed by atoms with Gasteiger partial charge in [0.1, 0.15) is 5.75 Å². The van der Waals surface area contributed by atoms with Crippen LogP contribution < -0.4 is 15.8 Å². The van der Waals surface area contributed by atoms with E-state index in [9.17, 15) is 4.79 Å². The van der Waals surface area contributed by atoms with Crippen molar-refractivity contribution in [2.24, 2.45) is 0 Å². The number of amides is 1. The topological polar surface area (TPSA) is 95.1 Å². The Morgan fingerprint density at radius 1 is 1.14 bits per heavy atom. The molecule has 0 aliphatic rings. The van der Waals surface area contributed by atoms with E-state index in [1.54, 1.807) is 4.68 Å². The van der Waals surface area contributed by atoms with Crippen molar-refractivity contribution in [2.75, 3.05) is 12.3 Å². The Labute approximate surface area is 176 Å². The van der Waals surface area contributed by atoms with Crippen LogP contribution >= 0.6 is 12.4 Å². The van der Waals surface area contributed by atoms with Crippen LogP contribution in [-0.4, -0.2) is 33.5 Å². The Kier molecular flexibility index (Phi) is 7.61. The van der Waals surface area contributed by atoms with Gasteiger partial charge in [-0.2, -0.15) is 0 Å². The number of nitrogens with one attached hydrogen (secondary N) is 1. The van der Waals surface area contributed by atoms with Crippen molar-refractivity contribution < 1.29 is 9.53 Å². The van der Waals surface area contributed by atoms with E-state index in [2.05, 4.69) is 15.6 Å². The molecule has 29 heavy (non-hydrogen) atoms. The highest BCUT2D eigenvalue weighted by molar-refractivity contribution is 5.93. The molecule has 3 N–H and O–H groups in total. The van der Waals surface area contributed by atoms with Crippen LogP contribution in [0.5, 0.6) is 5.75 Å². The molecule has 0 spiro atoms. The van der Waals surface area contributed by atoms with Crippen LogP contribution in [0, 0.1) is 6.92 Å². The number of rotatable bonds is 7. The number of ether oxygens (including phenoxy) is 1. The minimum atomic E-state index is -0.237. The Morgan fingerprint density at radius 3 is 2.41 bits per heavy atom. The van der Waals surface area contributed by atoms with Gasteiger partial charge in [-0.1, -0.05) is 17.3 Å². The molecule has 0 radical (unpaired) electrons. The highest BCUT2D eigenvalue weighted by Crippen LogP contribution is 2.18. The largest absolute Gasteiger partial charge is 0.491 e. The number of benzene rings is 2. The van der Waals surface area contributed by atoms with Gasteiger partial charge in [0.15, 0.2) is 5.69 Å². The van der Waals surface area contributed by atoms with Crippen LogP contribution in [-0.2, 0) is 6.42 Å². The van der Waals surface area contributed by atoms with Gasteiger partial charge in [0.2, 0.25) is 0 Å². The van der Waals surface area contributed by atoms with Gasteiger partial charge < -0.3 is 15.8 Å². The summed E-state index contributed by atoms with van der Waals surface area (Å²) in [7, 11) is 0. The molecule has 0 aliphatic heterocycles. The molecule has 2 aromatic carbocycles. The van der Waals surface area contributed by atoms with Gasteiger partial charge in [0, 0.05) is 12.2 Å². The molecule has 1 amide bonds. The maximum Gasteiger partial charge on any atom is 0.273 e. The second-order valence-electron chi connectivity index (χ2n) is 6.84. The van der Waals surface area contributed by atoms with Gasteiger partial charge in [-0.15, -0.1) is 17.5 Å². The predicted molar refractivity (Wildman–Crippen MR) is 116 cm³/mol. The first-order valence-corrected chi connectivity index (χ1v) is 9.26. The fourth-order valence-electron chi connectivity index (χ4n) is 2.81. The quantitative estimate of drug-likeness (QED) is 0.577. The first-order chi connectivity index (χ1) is 13.4. The third-order valence-corrected chi connectivity index (χ3v) is 4.24. The summed E-state index contributed by atoms with van der Waals surface area (Å²) in [6.45, 7) is 6.30. The molecule has 1 heterocycles. The number of anilines is 1. The summed E-state index contributed by atoms with van der Waals surface area (Å²) in [5.74, 6) is 0.552. The Bertz CT molecular complexity index is 937. The molecule has 0 fully saturated rings. The number of aromatic nitrogens is 3. The molecule has 0 saturated carbocycles. The summed E-state index contributed by atoms with van der Waals surface area (Å²) >= 11 is 0. The predicted octanol–water partition coefficient (Wildman–Crippen LogP) is 3.34. The summed E-state index contributed by atoms with van der Waals surface area (Å²) in [5, 5.41) is 11.1. The average molecular weight is 416 g/mol. The Hall–Kier alpha value is -3.06. The molecule has 1 aromatic heterocycles. The number of carbonyl (C=O) groups is 1. The van der Waals surface area contributed by atoms with Gasteiger partial charge in [0.05, 0.1) is 17.5 Å². The SMILES string of the molecule is Cc1c(C(=O)NCCc2ccc(N)cc2)nnn1-c1ccc(OC(C)C)cc1.Cl. The molecular weight excluding hydrogens is 390 g/mol. The third-order valence-electron chi connectivity index (χ3n) is 4.24. The monoisotopic (exact) mass is 415 g/mol. The minimum absolute atomic E-state index is 0. The van der Waals surface area contributed by atoms with Crippen molar-refractivity contribution >= 4 is 24.0 Å². The van der Waals surface area contributed by atoms with Crippen LogP contribution in [0.4, 0.5) is 5.69 Å². The fourth-order valence-corrected chi connectivity index (χ4v) is 2.81. The molecule has 8 heteroatoms. The molecule has 0 atom stereocenters. The number of hydrogen-bond donors (Lipinski definition) is 2. The van der Waals surface area contributed by atoms with Crippen LogP contribution in [0.3, 0.4) is 0 Å². The van der Waals surface area contributed by atoms with E-state index in [-0.39, 0.29) is 24.4 Å². The lowest BCUT2D eigenvalue weighted by Crippen LogP contribution is -2.26. The zero-order valence-electron chi connectivity index (χ0n) is 16.8. The molecule has 0 saturated heterocycles. The first-order valence-electron chi connectivity index (χ1n) is 9.26. The molecule has 0 unspecified atom stereocenters. The van der Waals surface area contributed by atoms with Gasteiger partial charge in [-0.3, -0.25) is 4.79 Å². The second kappa shape index (κ2) is 9.93. The van der Waals surface area contributed by atoms with Crippen LogP contribution in [0.1, 0.15) is 35.6 Å². The van der Waals surface area contributed by atoms with Crippen LogP contribution in [0.25, 0.3) is 5.69 Å². The van der Waals surface area contributed by atoms with Crippen molar-refractivity contribution in [1.82, 2.24) is 20.3 Å². The summed E-state index contributed by atoms with van der Waals surface area (Å²) in [5.41, 5.74) is 9.34. The molecule has 3 rings (SSSR count). The maximum absolute atomic E-state index is 12.5. The van der Waals surface area contributed by atoms with Gasteiger partial charge >= 0.3 is 0 Å². The average Bonchev–Trinajstić information content (AvgIpc) is 3.05. The molecule has 154 valence electrons. The number of hydrogen-bond acceptors (Lipinski definition) is 5. The van der Waals surface area contributed by atoms with E-state index in [1.165, 1.54) is 0 Å². The van der Waals surface area contributed by atoms with E-state index >= 15 is 0 Å². The summed E-state index contributed by atoms with van der Waals surface area (Å²) in [4.78, 5) is 12.5. The first kappa shape index (κ1) is 22.2. The maximum atomic E-state index is 12.5. The highest BCUT2D eigenvalue weighted by Gasteiger charge is 2.17. The lowest BCUT2D eigenvalue weighted by Gasteiger charge is -2.10. The van der Waals surface area contributed by atoms with Crippen molar-refractivity contribution in [2.45, 2.75) is 33.3 Å². The highest BCUT2D eigenvalue weighted by atomic mass is 35.5. The lowest BCUT2D eigenvalue weighted by atomic mass is 10.1. The van der Waals surface area contributed by atoms with E-state index in [0.717, 1.165) is 29.1 Å². The number of halogens is 1. The van der Waals surface area contributed by atoms with Crippen molar-refractivity contribution in [3.8, 4) is 11.4 Å². The van der Waals surface area contributed by atoms with Crippen LogP contribution in [0.15, 0.2) is 48.5 Å². The summed E-state index contributed by atoms with van der Waals surface area (Å²) < 4.78 is 7.30. The second-order valence-corrected chi connectivity index (χ2v) is 6.84. The van der Waals surface area contributed by atoms with E-state index in [0.29, 0.717) is 17.9 Å². The fraction of sp³-hybridized carbons (Fsp3) is 0.286. The van der Waals surface area contributed by atoms with Crippen molar-refractivity contribution in [3.05, 3.63) is 65.5 Å². The zero-order chi connectivity index (χ0) is 20.1. The smallest absolute Gasteiger partial charge is 0.273 e. The number of nitrogen functional groups attached to an aromatic ring is 1. The summed E-state index contributed by atoms with van der Waals surface area (Å²) in [6, 6.07) is 15.1. The number of carbonyl (C=O) groups excluding carboxylic acids is 1. The summed E-state index contributed by atoms with van der Waals surface area (Å²) in [6.07, 6.45) is 0.832. The minimum Gasteiger partial charge on any atom is -0.491 e. The normalized spacial score (nSPS) is 10.5. The van der Waals surface area contributed by atoms with Crippen molar-refractivity contribution in [1.29, 1.82) is 0 Å². The Morgan fingerprint density at radius 2 is 1.79 bits per heavy atom. The number of nitrogens with zero attached hydrogens (tertiary/aromatic N) is 3. The van der Waals surface area contributed by atoms with Crippen molar-refractivity contribution in [3.63, 3.8) is 0 Å². The lowest BCUT2D eigenvalue weighted by molar-refractivity contribution is 0.0948. The van der Waals surface area contributed by atoms with Crippen LogP contribution in [0.2, 0.25) is 0 Å². The molecule has 0 aliphatic carbocycles. The van der Waals surface area contributed by atoms with Gasteiger partial charge in [-0.25, -0.2) is 4.68 Å². The number of nitrogens with two attached hydrogens (primary N) is 1. The molecular formula is C21H26ClN5O2. The van der Waals surface area contributed by atoms with E-state index < -0.39 is 0 Å². The van der Waals surface area contributed by atoms with E-state index in [4.69, 9.17) is 10.5 Å². The standard InChI is InChI=1S/C21H25N5O2.ClH/c1-14(2)28-19-10-8-18(9-11-19)26-15(3)20(24-25-26)21(27)23-13-12-16-4-6-17(22)7-5-16;/h4-11,14H,12-13,22H2,1-3H3,(H,23,27);1H. The molecule has 3 aromatic rings. The third kappa shape index (κ3) is 5.71. The van der Waals surface area contributed by atoms with Gasteiger partial charge in [0.25, 0.3) is 5.91 Å². The Balaban J connectivity index is 0.00000300. The molecule has 7 nitrogen and oxygen atoms in total.